The summed E-state index contributed by atoms with van der Waals surface area (Å²) in [6.45, 7) is 2.71. The number of aromatic nitrogens is 7. The summed E-state index contributed by atoms with van der Waals surface area (Å²) in [5.74, 6) is 1.19. The number of hydrogen-bond acceptors (Lipinski definition) is 8. The predicted molar refractivity (Wildman–Crippen MR) is 129 cm³/mol. The maximum atomic E-state index is 14.0. The lowest BCUT2D eigenvalue weighted by atomic mass is 9.89. The first-order valence-electron chi connectivity index (χ1n) is 11.1. The zero-order chi connectivity index (χ0) is 24.1. The number of anilines is 2. The van der Waals surface area contributed by atoms with E-state index in [-0.39, 0.29) is 23.5 Å². The molecule has 35 heavy (non-hydrogen) atoms. The third kappa shape index (κ3) is 3.15. The minimum atomic E-state index is -0.313. The van der Waals surface area contributed by atoms with Crippen molar-refractivity contribution in [1.29, 1.82) is 5.26 Å². The van der Waals surface area contributed by atoms with Crippen LogP contribution >= 0.6 is 0 Å². The molecule has 11 nitrogen and oxygen atoms in total. The largest absolute Gasteiger partial charge is 0.368 e. The lowest BCUT2D eigenvalue weighted by Crippen LogP contribution is -2.51. The number of fused-ring (bicyclic) bond motifs is 1. The fourth-order valence-electron chi connectivity index (χ4n) is 4.71. The molecule has 0 bridgehead atoms. The van der Waals surface area contributed by atoms with Gasteiger partial charge in [0, 0.05) is 30.4 Å². The molecule has 0 spiro atoms. The van der Waals surface area contributed by atoms with Crippen LogP contribution in [-0.4, -0.2) is 40.9 Å². The first-order valence-corrected chi connectivity index (χ1v) is 11.1. The lowest BCUT2D eigenvalue weighted by Gasteiger charge is -2.47. The summed E-state index contributed by atoms with van der Waals surface area (Å²) in [5, 5.41) is 21.5. The Morgan fingerprint density at radius 3 is 2.74 bits per heavy atom. The van der Waals surface area contributed by atoms with Crippen LogP contribution in [0.25, 0.3) is 22.5 Å². The SMILES string of the molecule is C[C@H]1CN(c2nc(N)ncc2C#N)[C@@H]1c1nn2ccc(-c3ccn[nH]3)c2c(=O)n1-c1ccccc1. The Balaban J connectivity index is 1.60. The van der Waals surface area contributed by atoms with Crippen LogP contribution in [0.4, 0.5) is 11.8 Å². The van der Waals surface area contributed by atoms with Crippen molar-refractivity contribution in [3.63, 3.8) is 0 Å². The molecule has 0 radical (unpaired) electrons. The highest BCUT2D eigenvalue weighted by Gasteiger charge is 2.42. The fourth-order valence-corrected chi connectivity index (χ4v) is 4.71. The first-order chi connectivity index (χ1) is 17.1. The van der Waals surface area contributed by atoms with E-state index in [2.05, 4.69) is 33.2 Å². The van der Waals surface area contributed by atoms with Gasteiger partial charge in [-0.1, -0.05) is 25.1 Å². The second kappa shape index (κ2) is 7.81. The van der Waals surface area contributed by atoms with E-state index in [1.165, 1.54) is 6.20 Å². The van der Waals surface area contributed by atoms with E-state index in [4.69, 9.17) is 10.8 Å². The van der Waals surface area contributed by atoms with Crippen LogP contribution in [-0.2, 0) is 0 Å². The molecule has 5 heterocycles. The van der Waals surface area contributed by atoms with Crippen LogP contribution in [0.2, 0.25) is 0 Å². The number of rotatable bonds is 4. The van der Waals surface area contributed by atoms with Crippen molar-refractivity contribution in [3.05, 3.63) is 82.8 Å². The van der Waals surface area contributed by atoms with Gasteiger partial charge in [0.25, 0.3) is 5.56 Å². The highest BCUT2D eigenvalue weighted by atomic mass is 16.1. The summed E-state index contributed by atoms with van der Waals surface area (Å²) in [4.78, 5) is 24.3. The van der Waals surface area contributed by atoms with Crippen molar-refractivity contribution in [3.8, 4) is 23.0 Å². The van der Waals surface area contributed by atoms with Gasteiger partial charge in [0.15, 0.2) is 11.6 Å². The van der Waals surface area contributed by atoms with Gasteiger partial charge in [0.1, 0.15) is 17.1 Å². The zero-order valence-corrected chi connectivity index (χ0v) is 18.7. The first kappa shape index (κ1) is 20.6. The van der Waals surface area contributed by atoms with Gasteiger partial charge >= 0.3 is 0 Å². The van der Waals surface area contributed by atoms with Crippen LogP contribution in [0.15, 0.2) is 65.8 Å². The standard InChI is InChI=1S/C24H20N10O/c1-14-13-32(21-15(11-25)12-27-24(26)29-21)19(14)22-31-33-10-8-17(18-7-9-28-30-18)20(33)23(35)34(22)16-5-3-2-4-6-16/h2-10,12,14,19H,13H2,1H3,(H,28,30)(H2,26,27,29)/t14-,19-/m0/s1. The van der Waals surface area contributed by atoms with E-state index in [1.807, 2.05) is 47.4 Å². The third-order valence-electron chi connectivity index (χ3n) is 6.32. The molecule has 0 saturated carbocycles. The molecular weight excluding hydrogens is 444 g/mol. The van der Waals surface area contributed by atoms with Gasteiger partial charge in [-0.3, -0.25) is 14.5 Å². The van der Waals surface area contributed by atoms with Crippen molar-refractivity contribution in [1.82, 2.24) is 34.3 Å². The number of H-pyrrole nitrogens is 1. The molecule has 4 aromatic heterocycles. The molecule has 0 amide bonds. The normalized spacial score (nSPS) is 17.3. The van der Waals surface area contributed by atoms with E-state index < -0.39 is 0 Å². The molecular formula is C24H20N10O. The van der Waals surface area contributed by atoms with Crippen LogP contribution in [0.3, 0.4) is 0 Å². The Labute approximate surface area is 199 Å². The van der Waals surface area contributed by atoms with Gasteiger partial charge in [0.2, 0.25) is 5.95 Å². The van der Waals surface area contributed by atoms with Gasteiger partial charge in [0.05, 0.1) is 23.6 Å². The highest BCUT2D eigenvalue weighted by molar-refractivity contribution is 5.78. The molecule has 1 fully saturated rings. The van der Waals surface area contributed by atoms with Crippen LogP contribution in [0, 0.1) is 17.2 Å². The molecule has 1 aliphatic heterocycles. The molecule has 5 aromatic rings. The predicted octanol–water partition coefficient (Wildman–Crippen LogP) is 2.32. The summed E-state index contributed by atoms with van der Waals surface area (Å²) in [7, 11) is 0. The van der Waals surface area contributed by atoms with Crippen molar-refractivity contribution in [2.75, 3.05) is 17.2 Å². The molecule has 0 aliphatic carbocycles. The van der Waals surface area contributed by atoms with Crippen molar-refractivity contribution in [2.24, 2.45) is 5.92 Å². The monoisotopic (exact) mass is 464 g/mol. The summed E-state index contributed by atoms with van der Waals surface area (Å²) in [6.07, 6.45) is 4.83. The number of nitriles is 1. The van der Waals surface area contributed by atoms with Crippen molar-refractivity contribution in [2.45, 2.75) is 13.0 Å². The van der Waals surface area contributed by atoms with Crippen LogP contribution in [0.5, 0.6) is 0 Å². The number of nitrogens with zero attached hydrogens (tertiary/aromatic N) is 8. The molecule has 11 heteroatoms. The van der Waals surface area contributed by atoms with E-state index in [9.17, 15) is 10.1 Å². The maximum absolute atomic E-state index is 14.0. The van der Waals surface area contributed by atoms with Gasteiger partial charge < -0.3 is 10.6 Å². The number of nitrogen functional groups attached to an aromatic ring is 1. The highest BCUT2D eigenvalue weighted by Crippen LogP contribution is 2.42. The topological polar surface area (TPSA) is 147 Å². The Hall–Kier alpha value is -4.98. The van der Waals surface area contributed by atoms with Gasteiger partial charge in [-0.2, -0.15) is 20.4 Å². The Morgan fingerprint density at radius 2 is 2.03 bits per heavy atom. The van der Waals surface area contributed by atoms with E-state index >= 15 is 0 Å². The molecule has 1 aromatic carbocycles. The number of para-hydroxylation sites is 1. The second-order valence-corrected chi connectivity index (χ2v) is 8.48. The van der Waals surface area contributed by atoms with Crippen LogP contribution < -0.4 is 16.2 Å². The summed E-state index contributed by atoms with van der Waals surface area (Å²) in [6, 6.07) is 14.9. The fraction of sp³-hybridized carbons (Fsp3) is 0.167. The molecule has 3 N–H and O–H groups in total. The Morgan fingerprint density at radius 1 is 1.20 bits per heavy atom. The summed E-state index contributed by atoms with van der Waals surface area (Å²) < 4.78 is 3.25. The van der Waals surface area contributed by atoms with Crippen LogP contribution in [0.1, 0.15) is 24.4 Å². The molecule has 172 valence electrons. The summed E-state index contributed by atoms with van der Waals surface area (Å²) >= 11 is 0. The average molecular weight is 464 g/mol. The summed E-state index contributed by atoms with van der Waals surface area (Å²) in [5.41, 5.74) is 8.52. The number of nitrogens with two attached hydrogens (primary N) is 1. The Kier molecular flexibility index (Phi) is 4.60. The quantitative estimate of drug-likeness (QED) is 0.412. The zero-order valence-electron chi connectivity index (χ0n) is 18.7. The molecule has 6 rings (SSSR count). The minimum absolute atomic E-state index is 0.0794. The van der Waals surface area contributed by atoms with E-state index in [1.54, 1.807) is 21.5 Å². The Bertz CT molecular complexity index is 1650. The van der Waals surface area contributed by atoms with Gasteiger partial charge in [-0.25, -0.2) is 9.50 Å². The molecule has 2 atom stereocenters. The van der Waals surface area contributed by atoms with E-state index in [0.717, 1.165) is 5.69 Å². The average Bonchev–Trinajstić information content (AvgIpc) is 3.53. The number of nitrogens with one attached hydrogen (secondary N) is 1. The molecule has 1 saturated heterocycles. The number of aromatic amines is 1. The van der Waals surface area contributed by atoms with Gasteiger partial charge in [-0.05, 0) is 24.3 Å². The van der Waals surface area contributed by atoms with E-state index in [0.29, 0.717) is 40.5 Å². The smallest absolute Gasteiger partial charge is 0.283 e. The molecule has 0 unspecified atom stereocenters. The third-order valence-corrected chi connectivity index (χ3v) is 6.32. The molecule has 1 aliphatic rings. The number of benzene rings is 1. The van der Waals surface area contributed by atoms with Crippen molar-refractivity contribution >= 4 is 17.3 Å². The minimum Gasteiger partial charge on any atom is -0.368 e. The number of hydrogen-bond donors (Lipinski definition) is 2. The van der Waals surface area contributed by atoms with Crippen molar-refractivity contribution < 1.29 is 0 Å². The lowest BCUT2D eigenvalue weighted by molar-refractivity contribution is 0.300. The second-order valence-electron chi connectivity index (χ2n) is 8.48. The maximum Gasteiger partial charge on any atom is 0.283 e. The van der Waals surface area contributed by atoms with Gasteiger partial charge in [-0.15, -0.1) is 0 Å².